The number of aliphatic hydroxyl groups is 1. The fourth-order valence-corrected chi connectivity index (χ4v) is 2.49. The van der Waals surface area contributed by atoms with Crippen LogP contribution >= 0.6 is 15.9 Å². The predicted molar refractivity (Wildman–Crippen MR) is 66.6 cm³/mol. The molecule has 1 aliphatic rings. The van der Waals surface area contributed by atoms with E-state index < -0.39 is 0 Å². The van der Waals surface area contributed by atoms with E-state index in [9.17, 15) is 5.11 Å². The molecule has 80 valence electrons. The van der Waals surface area contributed by atoms with Crippen LogP contribution in [0.25, 0.3) is 6.08 Å². The number of rotatable bonds is 3. The summed E-state index contributed by atoms with van der Waals surface area (Å²) < 4.78 is 1.07. The van der Waals surface area contributed by atoms with Crippen LogP contribution in [0.1, 0.15) is 43.4 Å². The van der Waals surface area contributed by atoms with Crippen molar-refractivity contribution in [1.29, 1.82) is 0 Å². The van der Waals surface area contributed by atoms with Crippen molar-refractivity contribution in [2.45, 2.75) is 32.3 Å². The second-order valence-corrected chi connectivity index (χ2v) is 4.82. The molecule has 1 atom stereocenters. The number of fused-ring (bicyclic) bond motifs is 1. The van der Waals surface area contributed by atoms with E-state index in [0.717, 1.165) is 34.0 Å². The van der Waals surface area contributed by atoms with E-state index >= 15 is 0 Å². The summed E-state index contributed by atoms with van der Waals surface area (Å²) in [5.41, 5.74) is 3.34. The van der Waals surface area contributed by atoms with Gasteiger partial charge in [-0.05, 0) is 35.6 Å². The smallest absolute Gasteiger partial charge is 0.101 e. The van der Waals surface area contributed by atoms with E-state index in [1.807, 2.05) is 18.2 Å². The molecule has 1 aromatic carbocycles. The van der Waals surface area contributed by atoms with Crippen LogP contribution < -0.4 is 0 Å². The van der Waals surface area contributed by atoms with Gasteiger partial charge in [0.2, 0.25) is 0 Å². The first kappa shape index (κ1) is 10.9. The van der Waals surface area contributed by atoms with Crippen LogP contribution in [0.4, 0.5) is 0 Å². The summed E-state index contributed by atoms with van der Waals surface area (Å²) in [5.74, 6) is 0. The Bertz CT molecular complexity index is 396. The SMILES string of the molecule is CCCCC1=Cc2c(Br)cccc2C1O. The topological polar surface area (TPSA) is 20.2 Å². The first-order chi connectivity index (χ1) is 7.24. The monoisotopic (exact) mass is 266 g/mol. The predicted octanol–water partition coefficient (Wildman–Crippen LogP) is 4.07. The lowest BCUT2D eigenvalue weighted by Gasteiger charge is -2.09. The molecular weight excluding hydrogens is 252 g/mol. The highest BCUT2D eigenvalue weighted by atomic mass is 79.9. The summed E-state index contributed by atoms with van der Waals surface area (Å²) in [6.45, 7) is 2.17. The van der Waals surface area contributed by atoms with Gasteiger partial charge in [-0.2, -0.15) is 0 Å². The normalized spacial score (nSPS) is 18.9. The molecule has 1 N–H and O–H groups in total. The largest absolute Gasteiger partial charge is 0.384 e. The Morgan fingerprint density at radius 3 is 2.87 bits per heavy atom. The zero-order chi connectivity index (χ0) is 10.8. The molecule has 2 heteroatoms. The quantitative estimate of drug-likeness (QED) is 0.875. The summed E-state index contributed by atoms with van der Waals surface area (Å²) in [5, 5.41) is 10.1. The number of benzene rings is 1. The highest BCUT2D eigenvalue weighted by Crippen LogP contribution is 2.39. The number of aliphatic hydroxyl groups excluding tert-OH is 1. The molecule has 0 fully saturated rings. The van der Waals surface area contributed by atoms with Crippen molar-refractivity contribution >= 4 is 22.0 Å². The zero-order valence-corrected chi connectivity index (χ0v) is 10.4. The number of unbranched alkanes of at least 4 members (excludes halogenated alkanes) is 1. The summed E-state index contributed by atoms with van der Waals surface area (Å²) in [4.78, 5) is 0. The van der Waals surface area contributed by atoms with E-state index in [2.05, 4.69) is 28.9 Å². The van der Waals surface area contributed by atoms with E-state index in [1.54, 1.807) is 0 Å². The molecule has 1 aliphatic carbocycles. The highest BCUT2D eigenvalue weighted by molar-refractivity contribution is 9.10. The van der Waals surface area contributed by atoms with Crippen LogP contribution in [0.5, 0.6) is 0 Å². The molecule has 0 radical (unpaired) electrons. The lowest BCUT2D eigenvalue weighted by Crippen LogP contribution is -1.97. The van der Waals surface area contributed by atoms with Gasteiger partial charge in [0, 0.05) is 4.47 Å². The first-order valence-corrected chi connectivity index (χ1v) is 6.20. The van der Waals surface area contributed by atoms with Crippen LogP contribution in [0.2, 0.25) is 0 Å². The maximum atomic E-state index is 10.1. The van der Waals surface area contributed by atoms with Gasteiger partial charge in [-0.3, -0.25) is 0 Å². The molecule has 2 rings (SSSR count). The lowest BCUT2D eigenvalue weighted by molar-refractivity contribution is 0.215. The summed E-state index contributed by atoms with van der Waals surface area (Å²) in [7, 11) is 0. The Morgan fingerprint density at radius 2 is 2.20 bits per heavy atom. The zero-order valence-electron chi connectivity index (χ0n) is 8.83. The maximum Gasteiger partial charge on any atom is 0.101 e. The molecule has 0 aliphatic heterocycles. The third-order valence-electron chi connectivity index (χ3n) is 2.88. The van der Waals surface area contributed by atoms with Crippen molar-refractivity contribution in [2.24, 2.45) is 0 Å². The molecule has 0 saturated carbocycles. The van der Waals surface area contributed by atoms with Crippen LogP contribution in [-0.2, 0) is 0 Å². The minimum absolute atomic E-state index is 0.385. The standard InChI is InChI=1S/C13H15BrO/c1-2-3-5-9-8-11-10(13(9)15)6-4-7-12(11)14/h4,6-8,13,15H,2-3,5H2,1H3. The van der Waals surface area contributed by atoms with Gasteiger partial charge in [-0.1, -0.05) is 47.5 Å². The summed E-state index contributed by atoms with van der Waals surface area (Å²) in [6, 6.07) is 5.99. The van der Waals surface area contributed by atoms with Crippen LogP contribution in [0.15, 0.2) is 28.2 Å². The van der Waals surface area contributed by atoms with Crippen molar-refractivity contribution in [3.63, 3.8) is 0 Å². The molecule has 1 aromatic rings. The number of halogens is 1. The summed E-state index contributed by atoms with van der Waals surface area (Å²) in [6.07, 6.45) is 5.05. The van der Waals surface area contributed by atoms with Crippen molar-refractivity contribution in [2.75, 3.05) is 0 Å². The molecule has 0 heterocycles. The maximum absolute atomic E-state index is 10.1. The third-order valence-corrected chi connectivity index (χ3v) is 3.57. The van der Waals surface area contributed by atoms with E-state index in [0.29, 0.717) is 0 Å². The molecule has 0 bridgehead atoms. The van der Waals surface area contributed by atoms with Gasteiger partial charge in [0.15, 0.2) is 0 Å². The van der Waals surface area contributed by atoms with Gasteiger partial charge < -0.3 is 5.11 Å². The average molecular weight is 267 g/mol. The Morgan fingerprint density at radius 1 is 1.40 bits per heavy atom. The van der Waals surface area contributed by atoms with Gasteiger partial charge in [0.05, 0.1) is 0 Å². The second-order valence-electron chi connectivity index (χ2n) is 3.97. The van der Waals surface area contributed by atoms with E-state index in [1.165, 1.54) is 6.42 Å². The van der Waals surface area contributed by atoms with Gasteiger partial charge in [0.25, 0.3) is 0 Å². The van der Waals surface area contributed by atoms with Crippen molar-refractivity contribution in [3.8, 4) is 0 Å². The lowest BCUT2D eigenvalue weighted by atomic mass is 10.0. The molecule has 1 nitrogen and oxygen atoms in total. The second kappa shape index (κ2) is 4.50. The van der Waals surface area contributed by atoms with Gasteiger partial charge >= 0.3 is 0 Å². The molecule has 0 spiro atoms. The molecular formula is C13H15BrO. The number of hydrogen-bond donors (Lipinski definition) is 1. The van der Waals surface area contributed by atoms with E-state index in [4.69, 9.17) is 0 Å². The molecule has 0 amide bonds. The molecule has 0 saturated heterocycles. The minimum Gasteiger partial charge on any atom is -0.384 e. The van der Waals surface area contributed by atoms with Gasteiger partial charge in [-0.15, -0.1) is 0 Å². The van der Waals surface area contributed by atoms with Crippen LogP contribution in [0.3, 0.4) is 0 Å². The van der Waals surface area contributed by atoms with Crippen LogP contribution in [0, 0.1) is 0 Å². The Balaban J connectivity index is 2.28. The van der Waals surface area contributed by atoms with Crippen molar-refractivity contribution in [3.05, 3.63) is 39.4 Å². The third kappa shape index (κ3) is 2.01. The minimum atomic E-state index is -0.385. The van der Waals surface area contributed by atoms with Crippen molar-refractivity contribution in [1.82, 2.24) is 0 Å². The van der Waals surface area contributed by atoms with E-state index in [-0.39, 0.29) is 6.10 Å². The highest BCUT2D eigenvalue weighted by Gasteiger charge is 2.23. The fourth-order valence-electron chi connectivity index (χ4n) is 2.00. The van der Waals surface area contributed by atoms with Crippen LogP contribution in [-0.4, -0.2) is 5.11 Å². The number of hydrogen-bond acceptors (Lipinski definition) is 1. The van der Waals surface area contributed by atoms with Gasteiger partial charge in [-0.25, -0.2) is 0 Å². The van der Waals surface area contributed by atoms with Gasteiger partial charge in [0.1, 0.15) is 6.10 Å². The molecule has 0 aromatic heterocycles. The average Bonchev–Trinajstić information content (AvgIpc) is 2.55. The first-order valence-electron chi connectivity index (χ1n) is 5.41. The molecule has 15 heavy (non-hydrogen) atoms. The Kier molecular flexibility index (Phi) is 3.27. The Labute approximate surface area is 99.0 Å². The molecule has 1 unspecified atom stereocenters. The summed E-state index contributed by atoms with van der Waals surface area (Å²) >= 11 is 3.51. The van der Waals surface area contributed by atoms with Crippen molar-refractivity contribution < 1.29 is 5.11 Å². The Hall–Kier alpha value is -0.600. The fraction of sp³-hybridized carbons (Fsp3) is 0.385.